The summed E-state index contributed by atoms with van der Waals surface area (Å²) in [4.78, 5) is 11.0. The lowest BCUT2D eigenvalue weighted by Gasteiger charge is -2.53. The minimum Gasteiger partial charge on any atom is -0.443 e. The molecule has 1 fully saturated rings. The van der Waals surface area contributed by atoms with E-state index < -0.39 is 41.5 Å². The van der Waals surface area contributed by atoms with Crippen LogP contribution in [0.4, 0.5) is 30.7 Å². The molecule has 0 amide bonds. The van der Waals surface area contributed by atoms with E-state index in [-0.39, 0.29) is 19.9 Å². The Morgan fingerprint density at radius 3 is 2.09 bits per heavy atom. The zero-order valence-corrected chi connectivity index (χ0v) is 11.2. The van der Waals surface area contributed by atoms with E-state index in [1.54, 1.807) is 0 Å². The number of ether oxygens (including phenoxy) is 2. The van der Waals surface area contributed by atoms with Gasteiger partial charge < -0.3 is 14.6 Å². The molecular formula is C11H11F7O4. The van der Waals surface area contributed by atoms with Gasteiger partial charge in [0.05, 0.1) is 0 Å². The van der Waals surface area contributed by atoms with Crippen LogP contribution in [-0.4, -0.2) is 46.6 Å². The van der Waals surface area contributed by atoms with Crippen molar-refractivity contribution < 1.29 is 50.1 Å². The predicted molar refractivity (Wildman–Crippen MR) is 56.1 cm³/mol. The number of esters is 1. The maximum absolute atomic E-state index is 14.1. The summed E-state index contributed by atoms with van der Waals surface area (Å²) in [6.07, 6.45) is -9.71. The number of hydrogen-bond acceptors (Lipinski definition) is 4. The number of carbonyl (C=O) groups excluding carboxylic acids is 1. The summed E-state index contributed by atoms with van der Waals surface area (Å²) in [7, 11) is 0. The first kappa shape index (κ1) is 18.7. The summed E-state index contributed by atoms with van der Waals surface area (Å²) >= 11 is 0. The Morgan fingerprint density at radius 1 is 1.27 bits per heavy atom. The van der Waals surface area contributed by atoms with Gasteiger partial charge in [0, 0.05) is 6.08 Å². The first-order valence-electron chi connectivity index (χ1n) is 5.62. The van der Waals surface area contributed by atoms with E-state index in [0.717, 1.165) is 0 Å². The van der Waals surface area contributed by atoms with Gasteiger partial charge >= 0.3 is 24.0 Å². The van der Waals surface area contributed by atoms with Crippen molar-refractivity contribution in [2.45, 2.75) is 49.4 Å². The van der Waals surface area contributed by atoms with Gasteiger partial charge in [-0.15, -0.1) is 0 Å². The molecule has 3 unspecified atom stereocenters. The molecule has 0 radical (unpaired) electrons. The van der Waals surface area contributed by atoms with Crippen molar-refractivity contribution in [3.8, 4) is 0 Å². The van der Waals surface area contributed by atoms with Crippen molar-refractivity contribution in [2.24, 2.45) is 0 Å². The van der Waals surface area contributed by atoms with Crippen LogP contribution in [0.25, 0.3) is 0 Å². The molecule has 0 bridgehead atoms. The van der Waals surface area contributed by atoms with Crippen molar-refractivity contribution >= 4 is 5.97 Å². The molecule has 1 heterocycles. The van der Waals surface area contributed by atoms with Gasteiger partial charge in [-0.25, -0.2) is 4.79 Å². The van der Waals surface area contributed by atoms with E-state index in [1.807, 2.05) is 0 Å². The first-order chi connectivity index (χ1) is 9.54. The highest BCUT2D eigenvalue weighted by Crippen LogP contribution is 2.58. The van der Waals surface area contributed by atoms with Crippen molar-refractivity contribution in [1.82, 2.24) is 0 Å². The molecular weight excluding hydrogens is 329 g/mol. The quantitative estimate of drug-likeness (QED) is 0.477. The van der Waals surface area contributed by atoms with Gasteiger partial charge in [0.1, 0.15) is 0 Å². The molecule has 1 aliphatic heterocycles. The molecule has 22 heavy (non-hydrogen) atoms. The molecule has 0 aromatic rings. The molecule has 11 heteroatoms. The van der Waals surface area contributed by atoms with Crippen LogP contribution in [0.3, 0.4) is 0 Å². The Labute approximate surface area is 119 Å². The lowest BCUT2D eigenvalue weighted by atomic mass is 9.79. The molecule has 0 aromatic carbocycles. The van der Waals surface area contributed by atoms with Crippen LogP contribution in [0.5, 0.6) is 0 Å². The normalized spacial score (nSPS) is 37.5. The second kappa shape index (κ2) is 4.82. The van der Waals surface area contributed by atoms with Gasteiger partial charge in [-0.05, 0) is 13.8 Å². The summed E-state index contributed by atoms with van der Waals surface area (Å²) in [5.41, 5.74) is -4.33. The van der Waals surface area contributed by atoms with E-state index in [1.165, 1.54) is 0 Å². The lowest BCUT2D eigenvalue weighted by molar-refractivity contribution is -0.479. The smallest absolute Gasteiger partial charge is 0.420 e. The Bertz CT molecular complexity index is 485. The minimum atomic E-state index is -5.81. The van der Waals surface area contributed by atoms with Gasteiger partial charge in [0.15, 0.2) is 0 Å². The largest absolute Gasteiger partial charge is 0.443 e. The Morgan fingerprint density at radius 2 is 1.73 bits per heavy atom. The highest BCUT2D eigenvalue weighted by molar-refractivity contribution is 5.81. The predicted octanol–water partition coefficient (Wildman–Crippen LogP) is 2.41. The molecule has 0 spiro atoms. The van der Waals surface area contributed by atoms with Crippen LogP contribution >= 0.6 is 0 Å². The maximum atomic E-state index is 14.1. The van der Waals surface area contributed by atoms with Crippen molar-refractivity contribution in [3.05, 3.63) is 12.7 Å². The van der Waals surface area contributed by atoms with Gasteiger partial charge in [0.2, 0.25) is 17.5 Å². The number of aliphatic hydroxyl groups is 1. The summed E-state index contributed by atoms with van der Waals surface area (Å²) in [6.45, 7) is 2.71. The standard InChI is InChI=1S/C11H11F7O4/c1-4-5(19)21-7(2)9(12,13)6(10(14,15)16)22-8(3,20)11(7,17)18/h4,6,20H,1H2,2-3H3. The van der Waals surface area contributed by atoms with Crippen LogP contribution in [0.2, 0.25) is 0 Å². The van der Waals surface area contributed by atoms with Crippen LogP contribution in [0, 0.1) is 0 Å². The van der Waals surface area contributed by atoms with E-state index in [4.69, 9.17) is 0 Å². The second-order valence-corrected chi connectivity index (χ2v) is 4.88. The SMILES string of the molecule is C=CC(=O)OC1(C)C(F)(F)C(C(F)(F)F)OC(C)(O)C1(F)F. The van der Waals surface area contributed by atoms with E-state index in [2.05, 4.69) is 16.1 Å². The highest BCUT2D eigenvalue weighted by Gasteiger charge is 2.85. The molecule has 1 saturated heterocycles. The van der Waals surface area contributed by atoms with Gasteiger partial charge in [-0.1, -0.05) is 6.58 Å². The number of rotatable bonds is 2. The van der Waals surface area contributed by atoms with Gasteiger partial charge in [-0.3, -0.25) is 0 Å². The fraction of sp³-hybridized carbons (Fsp3) is 0.727. The van der Waals surface area contributed by atoms with Crippen LogP contribution in [0.1, 0.15) is 13.8 Å². The molecule has 0 aromatic heterocycles. The molecule has 1 aliphatic rings. The summed E-state index contributed by atoms with van der Waals surface area (Å²) in [5.74, 6) is -16.2. The zero-order valence-electron chi connectivity index (χ0n) is 11.2. The average molecular weight is 340 g/mol. The first-order valence-corrected chi connectivity index (χ1v) is 5.62. The Hall–Kier alpha value is -1.36. The molecule has 128 valence electrons. The van der Waals surface area contributed by atoms with E-state index >= 15 is 0 Å². The molecule has 4 nitrogen and oxygen atoms in total. The van der Waals surface area contributed by atoms with E-state index in [0.29, 0.717) is 0 Å². The van der Waals surface area contributed by atoms with E-state index in [9.17, 15) is 40.6 Å². The van der Waals surface area contributed by atoms with Crippen molar-refractivity contribution in [1.29, 1.82) is 0 Å². The van der Waals surface area contributed by atoms with Crippen LogP contribution < -0.4 is 0 Å². The lowest BCUT2D eigenvalue weighted by Crippen LogP contribution is -2.79. The molecule has 1 rings (SSSR count). The highest BCUT2D eigenvalue weighted by atomic mass is 19.4. The Balaban J connectivity index is 3.57. The Kier molecular flexibility index (Phi) is 4.09. The maximum Gasteiger partial charge on any atom is 0.420 e. The fourth-order valence-electron chi connectivity index (χ4n) is 1.93. The van der Waals surface area contributed by atoms with Crippen LogP contribution in [0.15, 0.2) is 12.7 Å². The summed E-state index contributed by atoms with van der Waals surface area (Å²) in [6, 6.07) is 0. The number of hydrogen-bond donors (Lipinski definition) is 1. The van der Waals surface area contributed by atoms with Crippen molar-refractivity contribution in [3.63, 3.8) is 0 Å². The topological polar surface area (TPSA) is 55.8 Å². The molecule has 3 atom stereocenters. The molecule has 0 saturated carbocycles. The third-order valence-electron chi connectivity index (χ3n) is 3.26. The molecule has 0 aliphatic carbocycles. The number of halogens is 7. The number of carbonyl (C=O) groups is 1. The number of alkyl halides is 7. The third-order valence-corrected chi connectivity index (χ3v) is 3.26. The van der Waals surface area contributed by atoms with Gasteiger partial charge in [-0.2, -0.15) is 30.7 Å². The van der Waals surface area contributed by atoms with Crippen LogP contribution in [-0.2, 0) is 14.3 Å². The van der Waals surface area contributed by atoms with Gasteiger partial charge in [0.25, 0.3) is 0 Å². The summed E-state index contributed by atoms with van der Waals surface area (Å²) < 4.78 is 101. The third kappa shape index (κ3) is 2.35. The minimum absolute atomic E-state index is 0.0565. The second-order valence-electron chi connectivity index (χ2n) is 4.88. The monoisotopic (exact) mass is 340 g/mol. The summed E-state index contributed by atoms with van der Waals surface area (Å²) in [5, 5.41) is 9.37. The zero-order chi connectivity index (χ0) is 17.8. The fourth-order valence-corrected chi connectivity index (χ4v) is 1.93. The van der Waals surface area contributed by atoms with Crippen molar-refractivity contribution in [2.75, 3.05) is 0 Å². The molecule has 1 N–H and O–H groups in total. The average Bonchev–Trinajstić information content (AvgIpc) is 2.32.